The predicted molar refractivity (Wildman–Crippen MR) is 97.9 cm³/mol. The Morgan fingerprint density at radius 3 is 2.38 bits per heavy atom. The van der Waals surface area contributed by atoms with E-state index < -0.39 is 0 Å². The fourth-order valence-corrected chi connectivity index (χ4v) is 2.63. The van der Waals surface area contributed by atoms with Crippen LogP contribution >= 0.6 is 23.2 Å². The van der Waals surface area contributed by atoms with Gasteiger partial charge >= 0.3 is 0 Å². The number of hydrogen-bond acceptors (Lipinski definition) is 3. The minimum atomic E-state index is -0.147. The van der Waals surface area contributed by atoms with Crippen LogP contribution < -0.4 is 5.32 Å². The van der Waals surface area contributed by atoms with Crippen molar-refractivity contribution >= 4 is 40.6 Å². The molecule has 2 aromatic carbocycles. The Hall–Kier alpha value is -1.88. The van der Waals surface area contributed by atoms with Gasteiger partial charge in [-0.1, -0.05) is 35.3 Å². The van der Waals surface area contributed by atoms with Crippen molar-refractivity contribution in [2.24, 2.45) is 0 Å². The van der Waals surface area contributed by atoms with Gasteiger partial charge in [-0.25, -0.2) is 0 Å². The summed E-state index contributed by atoms with van der Waals surface area (Å²) in [5.74, 6) is -0.155. The smallest absolute Gasteiger partial charge is 0.238 e. The molecule has 6 heteroatoms. The molecule has 0 radical (unpaired) electrons. The van der Waals surface area contributed by atoms with E-state index >= 15 is 0 Å². The number of hydrogen-bond donors (Lipinski definition) is 1. The van der Waals surface area contributed by atoms with Crippen molar-refractivity contribution in [3.8, 4) is 0 Å². The molecule has 0 aliphatic carbocycles. The Morgan fingerprint density at radius 2 is 1.75 bits per heavy atom. The summed E-state index contributed by atoms with van der Waals surface area (Å²) >= 11 is 12.1. The summed E-state index contributed by atoms with van der Waals surface area (Å²) in [7, 11) is 1.83. The van der Waals surface area contributed by atoms with Crippen molar-refractivity contribution in [2.45, 2.75) is 13.5 Å². The number of rotatable bonds is 6. The lowest BCUT2D eigenvalue weighted by Gasteiger charge is -2.17. The summed E-state index contributed by atoms with van der Waals surface area (Å²) in [4.78, 5) is 25.2. The van der Waals surface area contributed by atoms with E-state index in [2.05, 4.69) is 5.32 Å². The van der Waals surface area contributed by atoms with Crippen LogP contribution in [0.2, 0.25) is 10.0 Å². The summed E-state index contributed by atoms with van der Waals surface area (Å²) in [6, 6.07) is 12.2. The number of carbonyl (C=O) groups is 2. The highest BCUT2D eigenvalue weighted by Gasteiger charge is 2.11. The monoisotopic (exact) mass is 364 g/mol. The molecule has 0 saturated carbocycles. The standard InChI is InChI=1S/C18H18Cl2N2O2/c1-12(23)13-6-8-15(9-7-13)21-17(24)11-22(2)10-14-4-3-5-16(19)18(14)20/h3-9H,10-11H2,1-2H3,(H,21,24). The number of nitrogens with one attached hydrogen (secondary N) is 1. The van der Waals surface area contributed by atoms with Crippen LogP contribution in [0.4, 0.5) is 5.69 Å². The molecule has 2 aromatic rings. The molecular weight excluding hydrogens is 347 g/mol. The lowest BCUT2D eigenvalue weighted by atomic mass is 10.1. The first-order chi connectivity index (χ1) is 11.4. The number of anilines is 1. The van der Waals surface area contributed by atoms with Crippen LogP contribution in [0.1, 0.15) is 22.8 Å². The summed E-state index contributed by atoms with van der Waals surface area (Å²) in [5.41, 5.74) is 2.13. The fourth-order valence-electron chi connectivity index (χ4n) is 2.25. The number of halogens is 2. The minimum absolute atomic E-state index is 0.00832. The van der Waals surface area contributed by atoms with E-state index in [1.807, 2.05) is 24.1 Å². The second-order valence-corrected chi connectivity index (χ2v) is 6.35. The zero-order valence-electron chi connectivity index (χ0n) is 13.5. The molecule has 4 nitrogen and oxygen atoms in total. The third-order valence-corrected chi connectivity index (χ3v) is 4.32. The van der Waals surface area contributed by atoms with Crippen LogP contribution in [0, 0.1) is 0 Å². The highest BCUT2D eigenvalue weighted by atomic mass is 35.5. The number of likely N-dealkylation sites (N-methyl/N-ethyl adjacent to an activating group) is 1. The Kier molecular flexibility index (Phi) is 6.37. The minimum Gasteiger partial charge on any atom is -0.325 e. The van der Waals surface area contributed by atoms with E-state index in [0.29, 0.717) is 27.8 Å². The van der Waals surface area contributed by atoms with Gasteiger partial charge < -0.3 is 5.32 Å². The number of benzene rings is 2. The van der Waals surface area contributed by atoms with Crippen molar-refractivity contribution in [3.63, 3.8) is 0 Å². The topological polar surface area (TPSA) is 49.4 Å². The van der Waals surface area contributed by atoms with Gasteiger partial charge in [0.05, 0.1) is 16.6 Å². The highest BCUT2D eigenvalue weighted by molar-refractivity contribution is 6.42. The molecule has 1 amide bonds. The zero-order valence-corrected chi connectivity index (χ0v) is 15.0. The third kappa shape index (κ3) is 5.06. The predicted octanol–water partition coefficient (Wildman–Crippen LogP) is 4.27. The summed E-state index contributed by atoms with van der Waals surface area (Å²) in [5, 5.41) is 3.80. The number of Topliss-reactive ketones (excluding diaryl/α,β-unsaturated/α-hetero) is 1. The first-order valence-electron chi connectivity index (χ1n) is 7.39. The van der Waals surface area contributed by atoms with Crippen LogP contribution in [0.25, 0.3) is 0 Å². The van der Waals surface area contributed by atoms with Crippen LogP contribution in [-0.2, 0) is 11.3 Å². The van der Waals surface area contributed by atoms with E-state index in [9.17, 15) is 9.59 Å². The van der Waals surface area contributed by atoms with Crippen molar-refractivity contribution in [3.05, 3.63) is 63.6 Å². The second kappa shape index (κ2) is 8.29. The van der Waals surface area contributed by atoms with Gasteiger partial charge in [0.15, 0.2) is 5.78 Å². The molecule has 24 heavy (non-hydrogen) atoms. The average Bonchev–Trinajstić information content (AvgIpc) is 2.52. The molecule has 0 bridgehead atoms. The first kappa shape index (κ1) is 18.5. The van der Waals surface area contributed by atoms with E-state index in [1.54, 1.807) is 30.3 Å². The van der Waals surface area contributed by atoms with E-state index in [4.69, 9.17) is 23.2 Å². The van der Waals surface area contributed by atoms with Gasteiger partial charge in [0.1, 0.15) is 0 Å². The number of carbonyl (C=O) groups excluding carboxylic acids is 2. The molecular formula is C18H18Cl2N2O2. The van der Waals surface area contributed by atoms with Crippen molar-refractivity contribution in [1.82, 2.24) is 4.90 Å². The lowest BCUT2D eigenvalue weighted by molar-refractivity contribution is -0.117. The Bertz CT molecular complexity index is 745. The Labute approximate surface area is 151 Å². The molecule has 0 heterocycles. The van der Waals surface area contributed by atoms with Gasteiger partial charge in [-0.15, -0.1) is 0 Å². The average molecular weight is 365 g/mol. The van der Waals surface area contributed by atoms with Gasteiger partial charge in [0, 0.05) is 17.8 Å². The maximum atomic E-state index is 12.1. The molecule has 0 aliphatic rings. The van der Waals surface area contributed by atoms with Crippen LogP contribution in [0.15, 0.2) is 42.5 Å². The van der Waals surface area contributed by atoms with Crippen LogP contribution in [0.3, 0.4) is 0 Å². The second-order valence-electron chi connectivity index (χ2n) is 5.57. The van der Waals surface area contributed by atoms with Gasteiger partial charge in [-0.2, -0.15) is 0 Å². The maximum Gasteiger partial charge on any atom is 0.238 e. The molecule has 2 rings (SSSR count). The molecule has 0 saturated heterocycles. The molecule has 0 spiro atoms. The van der Waals surface area contributed by atoms with Gasteiger partial charge in [0.2, 0.25) is 5.91 Å². The molecule has 0 atom stereocenters. The third-order valence-electron chi connectivity index (χ3n) is 3.46. The Balaban J connectivity index is 1.91. The number of ketones is 1. The van der Waals surface area contributed by atoms with E-state index in [0.717, 1.165) is 5.56 Å². The van der Waals surface area contributed by atoms with E-state index in [1.165, 1.54) is 6.92 Å². The van der Waals surface area contributed by atoms with Crippen molar-refractivity contribution in [2.75, 3.05) is 18.9 Å². The van der Waals surface area contributed by atoms with Crippen molar-refractivity contribution < 1.29 is 9.59 Å². The largest absolute Gasteiger partial charge is 0.325 e. The highest BCUT2D eigenvalue weighted by Crippen LogP contribution is 2.26. The summed E-state index contributed by atoms with van der Waals surface area (Å²) < 4.78 is 0. The first-order valence-corrected chi connectivity index (χ1v) is 8.14. The Morgan fingerprint density at radius 1 is 1.08 bits per heavy atom. The fraction of sp³-hybridized carbons (Fsp3) is 0.222. The van der Waals surface area contributed by atoms with Crippen LogP contribution in [0.5, 0.6) is 0 Å². The van der Waals surface area contributed by atoms with Gasteiger partial charge in [0.25, 0.3) is 0 Å². The molecule has 0 aliphatic heterocycles. The molecule has 126 valence electrons. The van der Waals surface area contributed by atoms with Crippen LogP contribution in [-0.4, -0.2) is 30.2 Å². The molecule has 0 fully saturated rings. The normalized spacial score (nSPS) is 10.7. The lowest BCUT2D eigenvalue weighted by Crippen LogP contribution is -2.29. The number of amides is 1. The molecule has 0 aromatic heterocycles. The zero-order chi connectivity index (χ0) is 17.7. The van der Waals surface area contributed by atoms with Crippen molar-refractivity contribution in [1.29, 1.82) is 0 Å². The maximum absolute atomic E-state index is 12.1. The quantitative estimate of drug-likeness (QED) is 0.778. The number of nitrogens with zero attached hydrogens (tertiary/aromatic N) is 1. The summed E-state index contributed by atoms with van der Waals surface area (Å²) in [6.07, 6.45) is 0. The molecule has 1 N–H and O–H groups in total. The van der Waals surface area contributed by atoms with E-state index in [-0.39, 0.29) is 18.2 Å². The SMILES string of the molecule is CC(=O)c1ccc(NC(=O)CN(C)Cc2cccc(Cl)c2Cl)cc1. The molecule has 0 unspecified atom stereocenters. The summed E-state index contributed by atoms with van der Waals surface area (Å²) in [6.45, 7) is 2.22. The van der Waals surface area contributed by atoms with Gasteiger partial charge in [-0.05, 0) is 49.9 Å². The van der Waals surface area contributed by atoms with Gasteiger partial charge in [-0.3, -0.25) is 14.5 Å².